The first-order valence-corrected chi connectivity index (χ1v) is 12.9. The molecule has 1 saturated heterocycles. The number of urea groups is 1. The van der Waals surface area contributed by atoms with Crippen molar-refractivity contribution in [2.45, 2.75) is 24.8 Å². The van der Waals surface area contributed by atoms with Gasteiger partial charge in [-0.1, -0.05) is 24.3 Å². The van der Waals surface area contributed by atoms with Crippen molar-refractivity contribution in [2.24, 2.45) is 5.92 Å². The Bertz CT molecular complexity index is 1620. The molecule has 5 rings (SSSR count). The van der Waals surface area contributed by atoms with Crippen molar-refractivity contribution in [2.75, 3.05) is 19.5 Å². The highest BCUT2D eigenvalue weighted by Gasteiger charge is 2.46. The number of nitrogens with one attached hydrogen (secondary N) is 2. The van der Waals surface area contributed by atoms with E-state index in [1.807, 2.05) is 6.08 Å². The number of hydrogen-bond donors (Lipinski definition) is 2. The largest absolute Gasteiger partial charge is 0.496 e. The maximum Gasteiger partial charge on any atom is 0.419 e. The van der Waals surface area contributed by atoms with Gasteiger partial charge in [0.15, 0.2) is 0 Å². The molecule has 3 aromatic carbocycles. The van der Waals surface area contributed by atoms with E-state index in [0.717, 1.165) is 12.1 Å². The summed E-state index contributed by atoms with van der Waals surface area (Å²) in [5.74, 6) is -3.84. The van der Waals surface area contributed by atoms with Crippen LogP contribution in [0.15, 0.2) is 66.7 Å². The number of nitrogens with zero attached hydrogens (tertiary/aromatic N) is 1. The molecule has 1 aliphatic heterocycles. The molecule has 2 N–H and O–H groups in total. The fraction of sp³-hybridized carbons (Fsp3) is 0.233. The third-order valence-corrected chi connectivity index (χ3v) is 7.34. The van der Waals surface area contributed by atoms with Gasteiger partial charge in [0.05, 0.1) is 37.0 Å². The van der Waals surface area contributed by atoms with E-state index in [2.05, 4.69) is 15.4 Å². The number of alkyl halides is 3. The van der Waals surface area contributed by atoms with Crippen LogP contribution in [0, 0.1) is 17.6 Å². The fourth-order valence-electron chi connectivity index (χ4n) is 5.26. The molecule has 0 radical (unpaired) electrons. The topological polar surface area (TPSA) is 97.0 Å². The van der Waals surface area contributed by atoms with Gasteiger partial charge in [0.25, 0.3) is 5.91 Å². The summed E-state index contributed by atoms with van der Waals surface area (Å²) in [4.78, 5) is 39.8. The van der Waals surface area contributed by atoms with Crippen LogP contribution in [0.1, 0.15) is 32.7 Å². The Labute approximate surface area is 242 Å². The number of fused-ring (bicyclic) bond motifs is 2. The van der Waals surface area contributed by atoms with Crippen LogP contribution in [0.2, 0.25) is 0 Å². The van der Waals surface area contributed by atoms with Crippen LogP contribution in [0.5, 0.6) is 5.75 Å². The van der Waals surface area contributed by atoms with Gasteiger partial charge in [-0.3, -0.25) is 9.69 Å². The SMILES string of the molecule is COC(=O)c1ccc(-c2cc(C(=O)NC3C4C=CC(C4)N3C(=O)Nc3ccc(F)c(C(F)(F)F)c3)c(OC)cc2F)cc1. The van der Waals surface area contributed by atoms with Crippen LogP contribution in [-0.4, -0.2) is 49.2 Å². The number of rotatable bonds is 6. The Morgan fingerprint density at radius 1 is 0.930 bits per heavy atom. The minimum absolute atomic E-state index is 0.0431. The van der Waals surface area contributed by atoms with Crippen molar-refractivity contribution < 1.29 is 45.8 Å². The van der Waals surface area contributed by atoms with Crippen molar-refractivity contribution in [1.82, 2.24) is 10.2 Å². The van der Waals surface area contributed by atoms with E-state index in [1.165, 1.54) is 49.5 Å². The second kappa shape index (κ2) is 11.4. The number of halogens is 5. The number of ether oxygens (including phenoxy) is 2. The summed E-state index contributed by atoms with van der Waals surface area (Å²) in [7, 11) is 2.49. The number of hydrogen-bond acceptors (Lipinski definition) is 5. The zero-order valence-electron chi connectivity index (χ0n) is 22.7. The molecule has 0 aromatic heterocycles. The highest BCUT2D eigenvalue weighted by atomic mass is 19.4. The summed E-state index contributed by atoms with van der Waals surface area (Å²) < 4.78 is 78.2. The quantitative estimate of drug-likeness (QED) is 0.206. The van der Waals surface area contributed by atoms with Crippen LogP contribution in [0.3, 0.4) is 0 Å². The Morgan fingerprint density at radius 2 is 1.65 bits per heavy atom. The zero-order chi connectivity index (χ0) is 31.1. The van der Waals surface area contributed by atoms with Gasteiger partial charge in [0, 0.05) is 23.2 Å². The first-order chi connectivity index (χ1) is 20.4. The Hall–Kier alpha value is -4.94. The third-order valence-electron chi connectivity index (χ3n) is 7.34. The summed E-state index contributed by atoms with van der Waals surface area (Å²) in [5, 5.41) is 5.12. The van der Waals surface area contributed by atoms with Crippen molar-refractivity contribution in [3.05, 3.63) is 95.1 Å². The van der Waals surface area contributed by atoms with Gasteiger partial charge < -0.3 is 20.1 Å². The van der Waals surface area contributed by atoms with Gasteiger partial charge in [0.2, 0.25) is 0 Å². The number of carbonyl (C=O) groups is 3. The van der Waals surface area contributed by atoms with Crippen LogP contribution in [0.25, 0.3) is 11.1 Å². The Balaban J connectivity index is 1.40. The number of amides is 3. The molecule has 2 bridgehead atoms. The highest BCUT2D eigenvalue weighted by molar-refractivity contribution is 5.99. The second-order valence-corrected chi connectivity index (χ2v) is 9.90. The number of methoxy groups -OCH3 is 2. The molecule has 3 amide bonds. The number of esters is 1. The lowest BCUT2D eigenvalue weighted by atomic mass is 9.99. The van der Waals surface area contributed by atoms with E-state index < -0.39 is 53.5 Å². The number of benzene rings is 3. The standard InChI is InChI=1S/C30H24F5N3O5/c1-42-25-14-24(32)20(15-3-5-16(6-4-15)28(40)43-2)13-21(25)27(39)37-26-17-7-9-19(11-17)38(26)29(41)36-18-8-10-23(31)22(12-18)30(33,34)35/h3-10,12-14,17,19,26H,11H2,1-2H3,(H,36,41)(H,37,39). The Kier molecular flexibility index (Phi) is 7.82. The summed E-state index contributed by atoms with van der Waals surface area (Å²) in [6, 6.07) is 9.03. The molecule has 13 heteroatoms. The molecule has 224 valence electrons. The summed E-state index contributed by atoms with van der Waals surface area (Å²) in [5.41, 5.74) is -1.20. The van der Waals surface area contributed by atoms with E-state index in [0.29, 0.717) is 24.1 Å². The number of carbonyl (C=O) groups excluding carboxylic acids is 3. The van der Waals surface area contributed by atoms with E-state index >= 15 is 4.39 Å². The zero-order valence-corrected chi connectivity index (χ0v) is 22.7. The van der Waals surface area contributed by atoms with Crippen LogP contribution < -0.4 is 15.4 Å². The van der Waals surface area contributed by atoms with Gasteiger partial charge >= 0.3 is 18.2 Å². The average molecular weight is 602 g/mol. The molecule has 1 fully saturated rings. The van der Waals surface area contributed by atoms with Crippen LogP contribution in [-0.2, 0) is 10.9 Å². The lowest BCUT2D eigenvalue weighted by Gasteiger charge is -2.33. The third kappa shape index (κ3) is 5.74. The lowest BCUT2D eigenvalue weighted by molar-refractivity contribution is -0.139. The monoisotopic (exact) mass is 601 g/mol. The van der Waals surface area contributed by atoms with E-state index in [-0.39, 0.29) is 34.0 Å². The van der Waals surface area contributed by atoms with Gasteiger partial charge in [0.1, 0.15) is 23.5 Å². The summed E-state index contributed by atoms with van der Waals surface area (Å²) in [6.45, 7) is 0. The highest BCUT2D eigenvalue weighted by Crippen LogP contribution is 2.38. The predicted octanol–water partition coefficient (Wildman–Crippen LogP) is 5.99. The van der Waals surface area contributed by atoms with Crippen molar-refractivity contribution in [3.63, 3.8) is 0 Å². The van der Waals surface area contributed by atoms with Gasteiger partial charge in [-0.25, -0.2) is 18.4 Å². The molecular weight excluding hydrogens is 577 g/mol. The van der Waals surface area contributed by atoms with Crippen LogP contribution in [0.4, 0.5) is 32.4 Å². The molecule has 43 heavy (non-hydrogen) atoms. The normalized spacial score (nSPS) is 18.9. The lowest BCUT2D eigenvalue weighted by Crippen LogP contribution is -2.54. The van der Waals surface area contributed by atoms with Crippen molar-refractivity contribution in [3.8, 4) is 16.9 Å². The molecule has 1 heterocycles. The predicted molar refractivity (Wildman–Crippen MR) is 144 cm³/mol. The van der Waals surface area contributed by atoms with Crippen molar-refractivity contribution >= 4 is 23.6 Å². The molecule has 3 aromatic rings. The number of anilines is 1. The van der Waals surface area contributed by atoms with Gasteiger partial charge in [-0.2, -0.15) is 13.2 Å². The molecule has 0 saturated carbocycles. The van der Waals surface area contributed by atoms with Gasteiger partial charge in [-0.05, 0) is 48.4 Å². The smallest absolute Gasteiger partial charge is 0.419 e. The minimum atomic E-state index is -4.97. The molecule has 0 spiro atoms. The summed E-state index contributed by atoms with van der Waals surface area (Å²) in [6.07, 6.45) is -1.86. The maximum absolute atomic E-state index is 15.1. The van der Waals surface area contributed by atoms with Crippen LogP contribution >= 0.6 is 0 Å². The molecular formula is C30H24F5N3O5. The maximum atomic E-state index is 15.1. The average Bonchev–Trinajstić information content (AvgIpc) is 3.59. The molecule has 1 aliphatic carbocycles. The minimum Gasteiger partial charge on any atom is -0.496 e. The summed E-state index contributed by atoms with van der Waals surface area (Å²) >= 11 is 0. The molecule has 3 unspecified atom stereocenters. The fourth-order valence-corrected chi connectivity index (χ4v) is 5.26. The van der Waals surface area contributed by atoms with E-state index in [1.54, 1.807) is 6.08 Å². The molecule has 2 aliphatic rings. The number of likely N-dealkylation sites (tertiary alicyclic amines) is 1. The van der Waals surface area contributed by atoms with E-state index in [4.69, 9.17) is 4.74 Å². The molecule has 3 atom stereocenters. The second-order valence-electron chi connectivity index (χ2n) is 9.90. The first-order valence-electron chi connectivity index (χ1n) is 12.9. The Morgan fingerprint density at radius 3 is 2.30 bits per heavy atom. The first kappa shape index (κ1) is 29.5. The van der Waals surface area contributed by atoms with Gasteiger partial charge in [-0.15, -0.1) is 0 Å². The molecule has 8 nitrogen and oxygen atoms in total. The van der Waals surface area contributed by atoms with E-state index in [9.17, 15) is 31.9 Å². The van der Waals surface area contributed by atoms with Crippen molar-refractivity contribution in [1.29, 1.82) is 0 Å².